The Morgan fingerprint density at radius 2 is 1.71 bits per heavy atom. The van der Waals surface area contributed by atoms with Crippen molar-refractivity contribution in [2.24, 2.45) is 0 Å². The monoisotopic (exact) mass is 478 g/mol. The summed E-state index contributed by atoms with van der Waals surface area (Å²) in [6.45, 7) is 1.67. The van der Waals surface area contributed by atoms with Crippen LogP contribution in [0, 0.1) is 15.9 Å². The lowest BCUT2D eigenvalue weighted by Crippen LogP contribution is -2.15. The van der Waals surface area contributed by atoms with E-state index in [1.54, 1.807) is 49.4 Å². The molecule has 0 unspecified atom stereocenters. The zero-order valence-corrected chi connectivity index (χ0v) is 18.8. The van der Waals surface area contributed by atoms with E-state index in [1.165, 1.54) is 30.4 Å². The van der Waals surface area contributed by atoms with Crippen LogP contribution in [0.5, 0.6) is 0 Å². The van der Waals surface area contributed by atoms with Crippen molar-refractivity contribution in [3.05, 3.63) is 106 Å². The first-order valence-electron chi connectivity index (χ1n) is 10.3. The highest BCUT2D eigenvalue weighted by molar-refractivity contribution is 7.90. The average Bonchev–Trinajstić information content (AvgIpc) is 3.18. The highest BCUT2D eigenvalue weighted by Gasteiger charge is 2.28. The van der Waals surface area contributed by atoms with Gasteiger partial charge >= 0.3 is 0 Å². The Balaban J connectivity index is 2.05. The number of rotatable bonds is 7. The maximum atomic E-state index is 13.7. The summed E-state index contributed by atoms with van der Waals surface area (Å²) in [4.78, 5) is 23.7. The summed E-state index contributed by atoms with van der Waals surface area (Å²) in [5.41, 5.74) is 0.147. The predicted molar refractivity (Wildman–Crippen MR) is 128 cm³/mol. The molecule has 0 bridgehead atoms. The van der Waals surface area contributed by atoms with Crippen molar-refractivity contribution in [3.63, 3.8) is 0 Å². The standard InChI is InChI=1S/C25H19FN2O5S/c1-2-24(29)25-20-10-6-7-11-21(20)27(34(32,33)19-8-4-3-5-9-19)22(25)15-13-17-12-14-18(26)16-23(17)28(30)31/h3-16H,2H2,1H3/b15-13+. The van der Waals surface area contributed by atoms with Crippen LogP contribution in [0.25, 0.3) is 23.1 Å². The molecule has 0 amide bonds. The molecule has 0 aliphatic carbocycles. The lowest BCUT2D eigenvalue weighted by atomic mass is 10.0. The molecule has 34 heavy (non-hydrogen) atoms. The quantitative estimate of drug-likeness (QED) is 0.193. The first kappa shape index (κ1) is 23.1. The van der Waals surface area contributed by atoms with Gasteiger partial charge in [-0.15, -0.1) is 0 Å². The smallest absolute Gasteiger partial charge is 0.279 e. The minimum atomic E-state index is -4.14. The number of hydrogen-bond acceptors (Lipinski definition) is 5. The maximum Gasteiger partial charge on any atom is 0.279 e. The van der Waals surface area contributed by atoms with E-state index in [9.17, 15) is 27.7 Å². The fraction of sp³-hybridized carbons (Fsp3) is 0.0800. The summed E-state index contributed by atoms with van der Waals surface area (Å²) in [5.74, 6) is -1.06. The van der Waals surface area contributed by atoms with Gasteiger partial charge in [0.25, 0.3) is 15.7 Å². The van der Waals surface area contributed by atoms with Crippen molar-refractivity contribution in [3.8, 4) is 0 Å². The van der Waals surface area contributed by atoms with Crippen LogP contribution in [0.4, 0.5) is 10.1 Å². The van der Waals surface area contributed by atoms with E-state index < -0.39 is 26.5 Å². The molecule has 0 saturated heterocycles. The average molecular weight is 479 g/mol. The van der Waals surface area contributed by atoms with Crippen molar-refractivity contribution in [2.75, 3.05) is 0 Å². The molecule has 0 aliphatic heterocycles. The van der Waals surface area contributed by atoms with Crippen molar-refractivity contribution >= 4 is 44.5 Å². The van der Waals surface area contributed by atoms with Crippen LogP contribution >= 0.6 is 0 Å². The van der Waals surface area contributed by atoms with Crippen LogP contribution in [0.3, 0.4) is 0 Å². The van der Waals surface area contributed by atoms with E-state index in [4.69, 9.17) is 0 Å². The Morgan fingerprint density at radius 3 is 2.38 bits per heavy atom. The molecule has 0 spiro atoms. The third-order valence-corrected chi connectivity index (χ3v) is 7.10. The van der Waals surface area contributed by atoms with Crippen molar-refractivity contribution < 1.29 is 22.5 Å². The van der Waals surface area contributed by atoms with Gasteiger partial charge in [-0.05, 0) is 42.5 Å². The second-order valence-corrected chi connectivity index (χ2v) is 9.22. The largest absolute Gasteiger partial charge is 0.294 e. The highest BCUT2D eigenvalue weighted by Crippen LogP contribution is 2.33. The van der Waals surface area contributed by atoms with Gasteiger partial charge < -0.3 is 0 Å². The van der Waals surface area contributed by atoms with Crippen molar-refractivity contribution in [1.29, 1.82) is 0 Å². The molecule has 7 nitrogen and oxygen atoms in total. The SMILES string of the molecule is CCC(=O)c1c(/C=C/c2ccc(F)cc2[N+](=O)[O-])n(S(=O)(=O)c2ccccc2)c2ccccc12. The van der Waals surface area contributed by atoms with Gasteiger partial charge in [-0.2, -0.15) is 0 Å². The summed E-state index contributed by atoms with van der Waals surface area (Å²) in [5, 5.41) is 11.9. The molecule has 1 aromatic heterocycles. The van der Waals surface area contributed by atoms with Crippen LogP contribution in [-0.4, -0.2) is 23.1 Å². The summed E-state index contributed by atoms with van der Waals surface area (Å²) >= 11 is 0. The number of fused-ring (bicyclic) bond motifs is 1. The Labute approximate surface area is 195 Å². The number of Topliss-reactive ketones (excluding diaryl/α,β-unsaturated/α-hetero) is 1. The third kappa shape index (κ3) is 4.01. The summed E-state index contributed by atoms with van der Waals surface area (Å²) in [6.07, 6.45) is 2.79. The first-order chi connectivity index (χ1) is 16.3. The number of hydrogen-bond donors (Lipinski definition) is 0. The Hall–Kier alpha value is -4.11. The zero-order valence-electron chi connectivity index (χ0n) is 18.0. The molecule has 0 fully saturated rings. The second kappa shape index (κ2) is 9.03. The van der Waals surface area contributed by atoms with Crippen LogP contribution in [0.15, 0.2) is 77.7 Å². The zero-order chi connectivity index (χ0) is 24.5. The molecule has 0 radical (unpaired) electrons. The summed E-state index contributed by atoms with van der Waals surface area (Å²) in [6, 6.07) is 17.5. The maximum absolute atomic E-state index is 13.7. The van der Waals surface area contributed by atoms with Crippen LogP contribution in [-0.2, 0) is 10.0 Å². The van der Waals surface area contributed by atoms with E-state index in [2.05, 4.69) is 0 Å². The highest BCUT2D eigenvalue weighted by atomic mass is 32.2. The molecule has 4 aromatic rings. The summed E-state index contributed by atoms with van der Waals surface area (Å²) in [7, 11) is -4.14. The number of carbonyl (C=O) groups is 1. The normalized spacial score (nSPS) is 11.8. The number of aromatic nitrogens is 1. The molecule has 4 rings (SSSR count). The third-order valence-electron chi connectivity index (χ3n) is 5.36. The molecule has 0 aliphatic rings. The number of nitro benzene ring substituents is 1. The van der Waals surface area contributed by atoms with Gasteiger partial charge in [-0.25, -0.2) is 16.8 Å². The molecular formula is C25H19FN2O5S. The van der Waals surface area contributed by atoms with Gasteiger partial charge in [0.1, 0.15) is 5.82 Å². The number of halogens is 1. The molecule has 3 aromatic carbocycles. The molecular weight excluding hydrogens is 459 g/mol. The van der Waals surface area contributed by atoms with E-state index >= 15 is 0 Å². The van der Waals surface area contributed by atoms with Gasteiger partial charge in [0, 0.05) is 11.8 Å². The van der Waals surface area contributed by atoms with Crippen molar-refractivity contribution in [2.45, 2.75) is 18.2 Å². The van der Waals surface area contributed by atoms with Gasteiger partial charge in [0.05, 0.1) is 38.2 Å². The number of ketones is 1. The fourth-order valence-corrected chi connectivity index (χ4v) is 5.33. The molecule has 0 saturated carbocycles. The number of carbonyl (C=O) groups excluding carboxylic acids is 1. The van der Waals surface area contributed by atoms with Crippen LogP contribution < -0.4 is 0 Å². The molecule has 1 heterocycles. The summed E-state index contributed by atoms with van der Waals surface area (Å²) < 4.78 is 42.0. The van der Waals surface area contributed by atoms with Crippen LogP contribution in [0.2, 0.25) is 0 Å². The molecule has 0 N–H and O–H groups in total. The number of nitrogens with zero attached hydrogens (tertiary/aromatic N) is 2. The Kier molecular flexibility index (Phi) is 6.12. The molecule has 0 atom stereocenters. The molecule has 172 valence electrons. The van der Waals surface area contributed by atoms with E-state index in [-0.39, 0.29) is 33.9 Å². The molecule has 9 heteroatoms. The lowest BCUT2D eigenvalue weighted by molar-refractivity contribution is -0.385. The van der Waals surface area contributed by atoms with Gasteiger partial charge in [-0.3, -0.25) is 14.9 Å². The van der Waals surface area contributed by atoms with E-state index in [1.807, 2.05) is 0 Å². The van der Waals surface area contributed by atoms with Gasteiger partial charge in [0.2, 0.25) is 0 Å². The Bertz CT molecular complexity index is 1560. The fourth-order valence-electron chi connectivity index (χ4n) is 3.79. The van der Waals surface area contributed by atoms with Crippen molar-refractivity contribution in [1.82, 2.24) is 3.97 Å². The second-order valence-electron chi connectivity index (χ2n) is 7.43. The Morgan fingerprint density at radius 1 is 1.03 bits per heavy atom. The minimum Gasteiger partial charge on any atom is -0.294 e. The van der Waals surface area contributed by atoms with Gasteiger partial charge in [-0.1, -0.05) is 43.3 Å². The van der Waals surface area contributed by atoms with E-state index in [0.29, 0.717) is 10.9 Å². The predicted octanol–water partition coefficient (Wildman–Crippen LogP) is 5.69. The lowest BCUT2D eigenvalue weighted by Gasteiger charge is -2.11. The topological polar surface area (TPSA) is 99.3 Å². The number of benzene rings is 3. The first-order valence-corrected chi connectivity index (χ1v) is 11.8. The minimum absolute atomic E-state index is 0.0219. The number of para-hydroxylation sites is 1. The number of nitro groups is 1. The van der Waals surface area contributed by atoms with Crippen LogP contribution in [0.1, 0.15) is 35.0 Å². The van der Waals surface area contributed by atoms with E-state index in [0.717, 1.165) is 16.1 Å². The van der Waals surface area contributed by atoms with Gasteiger partial charge in [0.15, 0.2) is 5.78 Å².